The van der Waals surface area contributed by atoms with Crippen molar-refractivity contribution in [1.82, 2.24) is 0 Å². The summed E-state index contributed by atoms with van der Waals surface area (Å²) in [6.07, 6.45) is -21.4. The van der Waals surface area contributed by atoms with Crippen LogP contribution in [0.4, 0.5) is 114 Å². The second-order valence-electron chi connectivity index (χ2n) is 30.3. The van der Waals surface area contributed by atoms with Gasteiger partial charge in [0.2, 0.25) is 29.4 Å². The highest BCUT2D eigenvalue weighted by atomic mass is 32.2. The van der Waals surface area contributed by atoms with Gasteiger partial charge in [-0.25, -0.2) is 61.5 Å². The molecule has 0 fully saturated rings. The van der Waals surface area contributed by atoms with Crippen molar-refractivity contribution in [3.8, 4) is 0 Å². The van der Waals surface area contributed by atoms with E-state index in [0.29, 0.717) is 47.6 Å². The molecule has 0 unspecified atom stereocenters. The molecule has 18 aromatic rings. The van der Waals surface area contributed by atoms with Crippen molar-refractivity contribution >= 4 is 65.4 Å². The molecule has 18 rings (SSSR count). The van der Waals surface area contributed by atoms with Gasteiger partial charge in [-0.3, -0.25) is 0 Å². The molecule has 738 valence electrons. The van der Waals surface area contributed by atoms with Crippen LogP contribution in [0.5, 0.6) is 0 Å². The quantitative estimate of drug-likeness (QED) is 0.0559. The maximum Gasteiger partial charge on any atom is 0.421 e. The lowest BCUT2D eigenvalue weighted by Crippen LogP contribution is -2.18. The number of hydrogen-bond acceptors (Lipinski definition) is 0. The highest BCUT2D eigenvalue weighted by molar-refractivity contribution is 7.98. The Morgan fingerprint density at radius 2 is 0.372 bits per heavy atom. The van der Waals surface area contributed by atoms with Gasteiger partial charge in [-0.1, -0.05) is 182 Å². The maximum atomic E-state index is 14.3. The van der Waals surface area contributed by atoms with Crippen LogP contribution in [0.25, 0.3) is 0 Å². The number of rotatable bonds is 19. The summed E-state index contributed by atoms with van der Waals surface area (Å²) < 4.78 is 353. The van der Waals surface area contributed by atoms with Crippen LogP contribution in [0.3, 0.4) is 0 Å². The molecule has 0 N–H and O–H groups in total. The zero-order valence-electron chi connectivity index (χ0n) is 74.5. The lowest BCUT2D eigenvalue weighted by atomic mass is 10.1. The first kappa shape index (κ1) is 108. The van der Waals surface area contributed by atoms with Crippen molar-refractivity contribution in [2.75, 3.05) is 0 Å². The highest BCUT2D eigenvalue weighted by Gasteiger charge is 2.49. The van der Waals surface area contributed by atoms with Crippen LogP contribution in [-0.4, -0.2) is 0 Å². The molecule has 145 heavy (non-hydrogen) atoms. The van der Waals surface area contributed by atoms with Crippen LogP contribution in [-0.2, 0) is 90.1 Å². The van der Waals surface area contributed by atoms with Gasteiger partial charge in [0.05, 0.1) is 22.0 Å². The minimum atomic E-state index is -4.73. The lowest BCUT2D eigenvalue weighted by Gasteiger charge is -2.17. The van der Waals surface area contributed by atoms with Gasteiger partial charge in [-0.05, 0) is 182 Å². The molecule has 0 amide bonds. The van der Waals surface area contributed by atoms with Crippen molar-refractivity contribution in [2.45, 2.75) is 119 Å². The van der Waals surface area contributed by atoms with Gasteiger partial charge >= 0.3 is 24.7 Å². The molecule has 0 radical (unpaired) electrons. The SMILES string of the molecule is FC(F)(F)c1cccc([S+](c2ccccc2)c2ccccc2)c1.FC(F)(F)c1ccccc1[S+](c1ccccc1)c1ccccc1C(F)(F)F.FC(F)c1cccc(C(F)(F)F)c1[S+](c1ccccc1)c1ccccc1.Fc1ccc([S+](c2ccc(F)cc2F)c2ccc(F)cc2F)c(F)c1.Fc1ccc([S+](c2ccccc2)c2ccc(F)cc2F)c(F)c1.Fc1ccc([S+](c2ccccc2)c2ccccc2)c(F)c1. The van der Waals surface area contributed by atoms with Crippen molar-refractivity contribution in [2.24, 2.45) is 0 Å². The molecule has 0 heterocycles. The van der Waals surface area contributed by atoms with Crippen molar-refractivity contribution < 1.29 is 114 Å². The van der Waals surface area contributed by atoms with Gasteiger partial charge in [0.1, 0.15) is 106 Å². The molecule has 0 saturated carbocycles. The normalized spacial score (nSPS) is 11.5. The van der Waals surface area contributed by atoms with E-state index in [1.165, 1.54) is 72.8 Å². The average Bonchev–Trinajstić information content (AvgIpc) is 0.766. The van der Waals surface area contributed by atoms with E-state index in [0.717, 1.165) is 123 Å². The zero-order chi connectivity index (χ0) is 104. The van der Waals surface area contributed by atoms with Crippen LogP contribution < -0.4 is 0 Å². The Hall–Kier alpha value is -13.8. The molecule has 0 bridgehead atoms. The van der Waals surface area contributed by atoms with E-state index in [-0.39, 0.29) is 39.2 Å². The Labute approximate surface area is 833 Å². The molecule has 0 spiro atoms. The Morgan fingerprint density at radius 3 is 0.634 bits per heavy atom. The highest BCUT2D eigenvalue weighted by Crippen LogP contribution is 2.49. The molecule has 32 heteroatoms. The van der Waals surface area contributed by atoms with Gasteiger partial charge in [-0.2, -0.15) is 52.7 Å². The second-order valence-corrected chi connectivity index (χ2v) is 42.2. The van der Waals surface area contributed by atoms with E-state index in [4.69, 9.17) is 0 Å². The van der Waals surface area contributed by atoms with Crippen LogP contribution >= 0.6 is 0 Å². The topological polar surface area (TPSA) is 0 Å². The molecule has 18 aromatic carbocycles. The molecular formula is C113H74F26S6+6. The monoisotopic (exact) mass is 2120 g/mol. The smallest absolute Gasteiger partial charge is 0.207 e. The molecule has 0 atom stereocenters. The summed E-state index contributed by atoms with van der Waals surface area (Å²) in [5, 5.41) is 0. The minimum Gasteiger partial charge on any atom is -0.207 e. The first-order valence-electron chi connectivity index (χ1n) is 42.9. The number of alkyl halides is 14. The van der Waals surface area contributed by atoms with E-state index < -0.39 is 194 Å². The maximum absolute atomic E-state index is 14.3. The third-order valence-electron chi connectivity index (χ3n) is 20.5. The third-order valence-corrected chi connectivity index (χ3v) is 34.3. The standard InChI is InChI=1S/C20H13F6S.C20H14F5S.C19H14F3S.C18H9F6S.C18H11F4S.C18H13F2S/c21-19(22,23)15-10-4-6-12-17(15)27(14-8-2-1-3-9-14)18-13-7-5-11-16(18)20(24,25)26;21-19(22)16-12-7-13-17(20(23,24)25)18(16)26(14-8-3-1-4-9-14)15-10-5-2-6-11-15;20-19(21,22)15-8-7-13-18(14-15)23(16-9-3-1-4-10-16)17-11-5-2-6-12-17;19-10-1-4-16(13(22)7-10)25(17-5-2-11(20)8-14(17)23)18-6-3-12(21)9-15(18)24;19-12-6-8-17(15(21)10-12)23(14-4-2-1-3-5-14)18-9-7-13(20)11-16(18)22;19-14-11-12-18(17(20)13-14)21(15-7-3-1-4-8-15)16-9-5-2-6-10-16/h1-13H;1-13,19H;1-14H;1-9H;1-11H;1-13H/q6*+1. The predicted octanol–water partition coefficient (Wildman–Crippen LogP) is 35.4. The van der Waals surface area contributed by atoms with Crippen molar-refractivity contribution in [3.63, 3.8) is 0 Å². The summed E-state index contributed by atoms with van der Waals surface area (Å²) in [7, 11) is -6.85. The van der Waals surface area contributed by atoms with E-state index >= 15 is 0 Å². The van der Waals surface area contributed by atoms with Crippen LogP contribution in [0.1, 0.15) is 34.2 Å². The van der Waals surface area contributed by atoms with Crippen LogP contribution in [0, 0.1) is 69.8 Å². The van der Waals surface area contributed by atoms with Crippen molar-refractivity contribution in [3.05, 3.63) is 540 Å². The lowest BCUT2D eigenvalue weighted by molar-refractivity contribution is -0.140. The Kier molecular flexibility index (Phi) is 37.2. The zero-order valence-corrected chi connectivity index (χ0v) is 79.4. The predicted molar refractivity (Wildman–Crippen MR) is 513 cm³/mol. The summed E-state index contributed by atoms with van der Waals surface area (Å²) in [4.78, 5) is 6.31. The van der Waals surface area contributed by atoms with Crippen LogP contribution in [0.2, 0.25) is 0 Å². The largest absolute Gasteiger partial charge is 0.421 e. The van der Waals surface area contributed by atoms with E-state index in [1.807, 2.05) is 121 Å². The molecule has 0 nitrogen and oxygen atoms in total. The summed E-state index contributed by atoms with van der Waals surface area (Å²) >= 11 is 0. The fourth-order valence-corrected chi connectivity index (χ4v) is 27.5. The summed E-state index contributed by atoms with van der Waals surface area (Å²) in [6, 6.07) is 108. The average molecular weight is 2120 g/mol. The summed E-state index contributed by atoms with van der Waals surface area (Å²) in [6.45, 7) is 0. The number of halogens is 26. The van der Waals surface area contributed by atoms with Crippen LogP contribution in [0.15, 0.2) is 531 Å². The Bertz CT molecular complexity index is 6940. The van der Waals surface area contributed by atoms with Gasteiger partial charge in [0, 0.05) is 78.9 Å². The Morgan fingerprint density at radius 1 is 0.159 bits per heavy atom. The second kappa shape index (κ2) is 49.7. The minimum absolute atomic E-state index is 0.156. The molecular weight excluding hydrogens is 2040 g/mol. The van der Waals surface area contributed by atoms with Crippen molar-refractivity contribution in [1.29, 1.82) is 0 Å². The first-order valence-corrected chi connectivity index (χ1v) is 50.2. The first-order chi connectivity index (χ1) is 69.3. The summed E-state index contributed by atoms with van der Waals surface area (Å²) in [5.41, 5.74) is -4.09. The van der Waals surface area contributed by atoms with Gasteiger partial charge < -0.3 is 0 Å². The fourth-order valence-electron chi connectivity index (χ4n) is 14.3. The molecule has 0 aliphatic heterocycles. The van der Waals surface area contributed by atoms with E-state index in [2.05, 4.69) is 0 Å². The third kappa shape index (κ3) is 28.5. The van der Waals surface area contributed by atoms with Gasteiger partial charge in [0.15, 0.2) is 93.6 Å². The van der Waals surface area contributed by atoms with E-state index in [9.17, 15) is 114 Å². The number of benzene rings is 18. The molecule has 0 aliphatic rings. The Balaban J connectivity index is 0.000000146. The molecule has 0 aliphatic carbocycles. The van der Waals surface area contributed by atoms with Gasteiger partial charge in [0.25, 0.3) is 6.43 Å². The summed E-state index contributed by atoms with van der Waals surface area (Å²) in [5.74, 6) is -9.63. The van der Waals surface area contributed by atoms with Gasteiger partial charge in [-0.15, -0.1) is 0 Å². The molecule has 0 aromatic heterocycles. The fraction of sp³-hybridized carbons (Fsp3) is 0.0442. The molecule has 0 saturated heterocycles. The number of hydrogen-bond donors (Lipinski definition) is 0. The van der Waals surface area contributed by atoms with E-state index in [1.54, 1.807) is 127 Å².